The smallest absolute Gasteiger partial charge is 0.274 e. The lowest BCUT2D eigenvalue weighted by atomic mass is 10.1. The quantitative estimate of drug-likeness (QED) is 0.686. The number of para-hydroxylation sites is 1. The van der Waals surface area contributed by atoms with Crippen LogP contribution in [0, 0.1) is 11.6 Å². The summed E-state index contributed by atoms with van der Waals surface area (Å²) in [5.41, 5.74) is 0.978. The van der Waals surface area contributed by atoms with Crippen LogP contribution in [0.3, 0.4) is 0 Å². The Kier molecular flexibility index (Phi) is 6.06. The summed E-state index contributed by atoms with van der Waals surface area (Å²) in [6, 6.07) is 16.2. The Morgan fingerprint density at radius 3 is 2.21 bits per heavy atom. The van der Waals surface area contributed by atoms with E-state index in [1.54, 1.807) is 18.2 Å². The fraction of sp³-hybridized carbons (Fsp3) is 0.0952. The number of pyridine rings is 1. The van der Waals surface area contributed by atoms with E-state index in [1.807, 2.05) is 0 Å². The number of nitrogens with zero attached hydrogens (tertiary/aromatic N) is 1. The van der Waals surface area contributed by atoms with Gasteiger partial charge in [-0.3, -0.25) is 9.59 Å². The van der Waals surface area contributed by atoms with Crippen LogP contribution in [0.25, 0.3) is 0 Å². The van der Waals surface area contributed by atoms with Crippen molar-refractivity contribution in [3.05, 3.63) is 95.3 Å². The minimum Gasteiger partial charge on any atom is -0.350 e. The van der Waals surface area contributed by atoms with Crippen molar-refractivity contribution < 1.29 is 18.4 Å². The Bertz CT molecular complexity index is 991. The van der Waals surface area contributed by atoms with Crippen LogP contribution in [0.5, 0.6) is 0 Å². The van der Waals surface area contributed by atoms with E-state index in [0.29, 0.717) is 13.0 Å². The van der Waals surface area contributed by atoms with Crippen molar-refractivity contribution >= 4 is 17.5 Å². The zero-order chi connectivity index (χ0) is 19.9. The summed E-state index contributed by atoms with van der Waals surface area (Å²) < 4.78 is 26.5. The van der Waals surface area contributed by atoms with E-state index in [4.69, 9.17) is 0 Å². The Morgan fingerprint density at radius 1 is 0.821 bits per heavy atom. The van der Waals surface area contributed by atoms with Gasteiger partial charge < -0.3 is 10.6 Å². The van der Waals surface area contributed by atoms with Gasteiger partial charge in [-0.2, -0.15) is 0 Å². The summed E-state index contributed by atoms with van der Waals surface area (Å²) in [5, 5.41) is 5.12. The highest BCUT2D eigenvalue weighted by Crippen LogP contribution is 2.13. The second kappa shape index (κ2) is 8.85. The summed E-state index contributed by atoms with van der Waals surface area (Å²) in [4.78, 5) is 28.6. The molecule has 2 aromatic carbocycles. The highest BCUT2D eigenvalue weighted by molar-refractivity contribution is 6.03. The van der Waals surface area contributed by atoms with Crippen molar-refractivity contribution in [3.8, 4) is 0 Å². The number of carbonyl (C=O) groups excluding carboxylic acids is 2. The minimum atomic E-state index is -0.619. The lowest BCUT2D eigenvalue weighted by molar-refractivity contribution is 0.0949. The molecule has 0 aliphatic rings. The van der Waals surface area contributed by atoms with Crippen molar-refractivity contribution in [2.24, 2.45) is 0 Å². The number of rotatable bonds is 6. The van der Waals surface area contributed by atoms with E-state index in [9.17, 15) is 18.4 Å². The van der Waals surface area contributed by atoms with Gasteiger partial charge in [0.15, 0.2) is 0 Å². The second-order valence-corrected chi connectivity index (χ2v) is 5.97. The van der Waals surface area contributed by atoms with Crippen LogP contribution >= 0.6 is 0 Å². The molecule has 0 saturated carbocycles. The summed E-state index contributed by atoms with van der Waals surface area (Å²) in [7, 11) is 0. The van der Waals surface area contributed by atoms with Gasteiger partial charge in [-0.15, -0.1) is 0 Å². The molecule has 0 saturated heterocycles. The number of hydrogen-bond donors (Lipinski definition) is 2. The molecule has 3 aromatic rings. The highest BCUT2D eigenvalue weighted by atomic mass is 19.1. The molecule has 0 atom stereocenters. The van der Waals surface area contributed by atoms with E-state index in [1.165, 1.54) is 48.5 Å². The molecule has 0 fully saturated rings. The Balaban J connectivity index is 1.60. The van der Waals surface area contributed by atoms with Gasteiger partial charge in [0.2, 0.25) is 0 Å². The van der Waals surface area contributed by atoms with E-state index >= 15 is 0 Å². The van der Waals surface area contributed by atoms with Gasteiger partial charge >= 0.3 is 0 Å². The van der Waals surface area contributed by atoms with E-state index in [2.05, 4.69) is 15.6 Å². The Labute approximate surface area is 160 Å². The maximum absolute atomic E-state index is 13.7. The first kappa shape index (κ1) is 19.2. The average molecular weight is 381 g/mol. The van der Waals surface area contributed by atoms with Crippen molar-refractivity contribution in [2.45, 2.75) is 6.42 Å². The molecule has 7 heteroatoms. The molecule has 0 spiro atoms. The number of anilines is 1. The van der Waals surface area contributed by atoms with E-state index in [0.717, 1.165) is 5.56 Å². The molecule has 0 unspecified atom stereocenters. The second-order valence-electron chi connectivity index (χ2n) is 5.97. The number of amides is 2. The first-order valence-electron chi connectivity index (χ1n) is 8.58. The molecule has 2 N–H and O–H groups in total. The summed E-state index contributed by atoms with van der Waals surface area (Å²) in [6.07, 6.45) is 0.527. The van der Waals surface area contributed by atoms with Gasteiger partial charge in [0.1, 0.15) is 23.0 Å². The zero-order valence-corrected chi connectivity index (χ0v) is 14.8. The van der Waals surface area contributed by atoms with Crippen LogP contribution in [-0.4, -0.2) is 23.3 Å². The van der Waals surface area contributed by atoms with Gasteiger partial charge in [-0.25, -0.2) is 13.8 Å². The van der Waals surface area contributed by atoms with Crippen LogP contribution in [0.15, 0.2) is 66.7 Å². The highest BCUT2D eigenvalue weighted by Gasteiger charge is 2.13. The molecule has 142 valence electrons. The number of hydrogen-bond acceptors (Lipinski definition) is 3. The molecule has 28 heavy (non-hydrogen) atoms. The largest absolute Gasteiger partial charge is 0.350 e. The minimum absolute atomic E-state index is 0.00515. The van der Waals surface area contributed by atoms with Crippen LogP contribution in [0.2, 0.25) is 0 Å². The van der Waals surface area contributed by atoms with E-state index < -0.39 is 17.6 Å². The van der Waals surface area contributed by atoms with Gasteiger partial charge in [0.05, 0.1) is 5.69 Å². The van der Waals surface area contributed by atoms with Gasteiger partial charge in [-0.1, -0.05) is 30.3 Å². The maximum atomic E-state index is 13.7. The molecule has 0 aliphatic heterocycles. The third kappa shape index (κ3) is 4.97. The molecule has 5 nitrogen and oxygen atoms in total. The number of carbonyl (C=O) groups is 2. The third-order valence-electron chi connectivity index (χ3n) is 3.95. The first-order valence-corrected chi connectivity index (χ1v) is 8.58. The number of benzene rings is 2. The molecule has 1 heterocycles. The molecular weight excluding hydrogens is 364 g/mol. The molecule has 1 aromatic heterocycles. The van der Waals surface area contributed by atoms with Crippen molar-refractivity contribution in [3.63, 3.8) is 0 Å². The molecule has 0 aliphatic carbocycles. The van der Waals surface area contributed by atoms with Crippen molar-refractivity contribution in [2.75, 3.05) is 11.9 Å². The zero-order valence-electron chi connectivity index (χ0n) is 14.8. The van der Waals surface area contributed by atoms with Crippen LogP contribution in [0.4, 0.5) is 14.5 Å². The first-order chi connectivity index (χ1) is 13.5. The standard InChI is InChI=1S/C21H17F2N3O2/c22-15-10-8-14(9-11-15)12-13-24-20(27)18-6-3-7-19(25-18)21(28)26-17-5-2-1-4-16(17)23/h1-11H,12-13H2,(H,24,27)(H,26,28). The molecule has 3 rings (SSSR count). The summed E-state index contributed by atoms with van der Waals surface area (Å²) in [6.45, 7) is 0.331. The van der Waals surface area contributed by atoms with Crippen LogP contribution in [-0.2, 0) is 6.42 Å². The molecule has 0 bridgehead atoms. The monoisotopic (exact) mass is 381 g/mol. The predicted octanol–water partition coefficient (Wildman–Crippen LogP) is 3.58. The van der Waals surface area contributed by atoms with Crippen LogP contribution in [0.1, 0.15) is 26.5 Å². The topological polar surface area (TPSA) is 71.1 Å². The van der Waals surface area contributed by atoms with Crippen molar-refractivity contribution in [1.29, 1.82) is 0 Å². The Hall–Kier alpha value is -3.61. The summed E-state index contributed by atoms with van der Waals surface area (Å²) >= 11 is 0. The average Bonchev–Trinajstić information content (AvgIpc) is 2.71. The molecular formula is C21H17F2N3O2. The lowest BCUT2D eigenvalue weighted by Gasteiger charge is -2.08. The maximum Gasteiger partial charge on any atom is 0.274 e. The third-order valence-corrected chi connectivity index (χ3v) is 3.95. The Morgan fingerprint density at radius 2 is 1.50 bits per heavy atom. The van der Waals surface area contributed by atoms with Crippen LogP contribution < -0.4 is 10.6 Å². The van der Waals surface area contributed by atoms with Gasteiger partial charge in [-0.05, 0) is 48.4 Å². The predicted molar refractivity (Wildman–Crippen MR) is 101 cm³/mol. The SMILES string of the molecule is O=C(NCCc1ccc(F)cc1)c1cccc(C(=O)Nc2ccccc2F)n1. The van der Waals surface area contributed by atoms with Crippen molar-refractivity contribution in [1.82, 2.24) is 10.3 Å². The fourth-order valence-electron chi connectivity index (χ4n) is 2.50. The number of nitrogens with one attached hydrogen (secondary N) is 2. The van der Waals surface area contributed by atoms with E-state index in [-0.39, 0.29) is 22.9 Å². The normalized spacial score (nSPS) is 10.4. The number of aromatic nitrogens is 1. The van der Waals surface area contributed by atoms with Gasteiger partial charge in [0, 0.05) is 6.54 Å². The lowest BCUT2D eigenvalue weighted by Crippen LogP contribution is -2.27. The fourth-order valence-corrected chi connectivity index (χ4v) is 2.50. The molecule has 0 radical (unpaired) electrons. The summed E-state index contributed by atoms with van der Waals surface area (Å²) in [5.74, 6) is -1.94. The van der Waals surface area contributed by atoms with Gasteiger partial charge in [0.25, 0.3) is 11.8 Å². The molecule has 2 amide bonds. The number of halogens is 2.